The summed E-state index contributed by atoms with van der Waals surface area (Å²) in [5.41, 5.74) is 1.35. The van der Waals surface area contributed by atoms with Gasteiger partial charge in [-0.3, -0.25) is 0 Å². The third-order valence-corrected chi connectivity index (χ3v) is 7.34. The summed E-state index contributed by atoms with van der Waals surface area (Å²) in [4.78, 5) is 22.5. The normalized spacial score (nSPS) is 20.2. The number of ether oxygens (including phenoxy) is 3. The summed E-state index contributed by atoms with van der Waals surface area (Å²) in [6.07, 6.45) is -0.139. The number of rotatable bonds is 7. The molecule has 11 nitrogen and oxygen atoms in total. The van der Waals surface area contributed by atoms with Crippen molar-refractivity contribution in [3.05, 3.63) is 47.5 Å². The predicted octanol–water partition coefficient (Wildman–Crippen LogP) is 3.31. The first-order valence-corrected chi connectivity index (χ1v) is 11.7. The van der Waals surface area contributed by atoms with Gasteiger partial charge in [-0.25, -0.2) is 19.2 Å². The molecule has 2 fully saturated rings. The predicted molar refractivity (Wildman–Crippen MR) is 131 cm³/mol. The molecule has 1 aliphatic heterocycles. The number of aromatic nitrogens is 4. The van der Waals surface area contributed by atoms with Crippen molar-refractivity contribution < 1.29 is 28.5 Å². The van der Waals surface area contributed by atoms with Crippen molar-refractivity contribution in [2.75, 3.05) is 39.7 Å². The van der Waals surface area contributed by atoms with Crippen LogP contribution in [0.5, 0.6) is 17.2 Å². The summed E-state index contributed by atoms with van der Waals surface area (Å²) in [6, 6.07) is 8.39. The molecule has 192 valence electrons. The first kappa shape index (κ1) is 23.1. The Balaban J connectivity index is 1.44. The van der Waals surface area contributed by atoms with Gasteiger partial charge in [-0.15, -0.1) is 5.10 Å². The summed E-state index contributed by atoms with van der Waals surface area (Å²) in [5.74, 6) is 1.95. The summed E-state index contributed by atoms with van der Waals surface area (Å²) in [7, 11) is 4.57. The maximum Gasteiger partial charge on any atom is 0.407 e. The molecular weight excluding hydrogens is 483 g/mol. The van der Waals surface area contributed by atoms with E-state index in [1.807, 2.05) is 12.1 Å². The molecule has 1 saturated carbocycles. The number of anilines is 1. The van der Waals surface area contributed by atoms with Crippen molar-refractivity contribution in [3.8, 4) is 17.2 Å². The fraction of sp³-hybridized carbons (Fsp3) is 0.360. The van der Waals surface area contributed by atoms with E-state index in [9.17, 15) is 14.3 Å². The molecule has 4 aromatic rings. The Bertz CT molecular complexity index is 1560. The highest BCUT2D eigenvalue weighted by Crippen LogP contribution is 2.58. The average Bonchev–Trinajstić information content (AvgIpc) is 3.24. The highest BCUT2D eigenvalue weighted by molar-refractivity contribution is 5.93. The van der Waals surface area contributed by atoms with Crippen LogP contribution in [0.2, 0.25) is 0 Å². The van der Waals surface area contributed by atoms with Gasteiger partial charge >= 0.3 is 6.09 Å². The lowest BCUT2D eigenvalue weighted by Gasteiger charge is -2.15. The van der Waals surface area contributed by atoms with Crippen LogP contribution in [0.4, 0.5) is 15.1 Å². The van der Waals surface area contributed by atoms with Gasteiger partial charge in [-0.2, -0.15) is 4.52 Å². The minimum Gasteiger partial charge on any atom is -0.497 e. The summed E-state index contributed by atoms with van der Waals surface area (Å²) >= 11 is 0. The number of carbonyl (C=O) groups is 1. The van der Waals surface area contributed by atoms with Crippen LogP contribution >= 0.6 is 0 Å². The molecule has 2 aromatic carbocycles. The van der Waals surface area contributed by atoms with Gasteiger partial charge in [0.25, 0.3) is 0 Å². The number of fused-ring (bicyclic) bond motifs is 4. The van der Waals surface area contributed by atoms with Gasteiger partial charge in [0.05, 0.1) is 32.3 Å². The highest BCUT2D eigenvalue weighted by Gasteiger charge is 2.64. The fourth-order valence-corrected chi connectivity index (χ4v) is 5.24. The van der Waals surface area contributed by atoms with Crippen LogP contribution in [-0.4, -0.2) is 70.1 Å². The Kier molecular flexibility index (Phi) is 5.21. The van der Waals surface area contributed by atoms with Crippen molar-refractivity contribution >= 4 is 28.6 Å². The lowest BCUT2D eigenvalue weighted by Crippen LogP contribution is -2.31. The molecule has 0 spiro atoms. The number of nitrogens with zero attached hydrogens (tertiary/aromatic N) is 5. The number of halogens is 1. The number of benzene rings is 2. The van der Waals surface area contributed by atoms with Crippen LogP contribution in [0.1, 0.15) is 17.8 Å². The van der Waals surface area contributed by atoms with Crippen molar-refractivity contribution in [2.24, 2.45) is 5.92 Å². The molecule has 2 atom stereocenters. The molecule has 6 rings (SSSR count). The maximum absolute atomic E-state index is 14.7. The van der Waals surface area contributed by atoms with Crippen LogP contribution < -0.4 is 19.5 Å². The first-order valence-electron chi connectivity index (χ1n) is 11.7. The maximum atomic E-state index is 14.7. The second-order valence-electron chi connectivity index (χ2n) is 9.36. The molecule has 12 heteroatoms. The standard InChI is InChI=1S/C25H25FN6O5/c1-35-15-5-4-13(19(6-15)36-2)10-27-23-28-18-8-20(37-3)17(26)7-16(18)21-29-22(30-32(21)23)25-9-14(25)11-31(12-25)24(33)34/h4-8,14H,9-12H2,1-3H3,(H,27,28)(H,33,34)/t14-,25-/m1/s1. The molecule has 0 unspecified atom stereocenters. The zero-order chi connectivity index (χ0) is 25.9. The second-order valence-corrected chi connectivity index (χ2v) is 9.36. The molecule has 1 saturated heterocycles. The van der Waals surface area contributed by atoms with E-state index in [2.05, 4.69) is 5.32 Å². The molecule has 2 aliphatic rings. The van der Waals surface area contributed by atoms with E-state index in [1.165, 1.54) is 24.1 Å². The summed E-state index contributed by atoms with van der Waals surface area (Å²) < 4.78 is 32.2. The number of piperidine rings is 1. The minimum absolute atomic E-state index is 0.0700. The topological polar surface area (TPSA) is 123 Å². The number of amides is 1. The Hall–Kier alpha value is -4.35. The van der Waals surface area contributed by atoms with E-state index in [1.54, 1.807) is 24.8 Å². The second kappa shape index (κ2) is 8.36. The van der Waals surface area contributed by atoms with Crippen molar-refractivity contribution in [2.45, 2.75) is 18.4 Å². The van der Waals surface area contributed by atoms with E-state index in [-0.39, 0.29) is 11.7 Å². The molecule has 2 aromatic heterocycles. The number of carboxylic acid groups (broad SMARTS) is 1. The monoisotopic (exact) mass is 508 g/mol. The Labute approximate surface area is 210 Å². The van der Waals surface area contributed by atoms with Crippen molar-refractivity contribution in [1.82, 2.24) is 24.5 Å². The van der Waals surface area contributed by atoms with Crippen LogP contribution in [0.15, 0.2) is 30.3 Å². The molecule has 1 amide bonds. The zero-order valence-electron chi connectivity index (χ0n) is 20.5. The molecule has 1 aliphatic carbocycles. The lowest BCUT2D eigenvalue weighted by atomic mass is 10.1. The third-order valence-electron chi connectivity index (χ3n) is 7.34. The molecule has 2 N–H and O–H groups in total. The number of hydrogen-bond donors (Lipinski definition) is 2. The number of likely N-dealkylation sites (tertiary alicyclic amines) is 1. The Morgan fingerprint density at radius 2 is 1.97 bits per heavy atom. The van der Waals surface area contributed by atoms with Gasteiger partial charge in [0.15, 0.2) is 23.0 Å². The van der Waals surface area contributed by atoms with Crippen molar-refractivity contribution in [1.29, 1.82) is 0 Å². The van der Waals surface area contributed by atoms with E-state index in [0.29, 0.717) is 59.5 Å². The van der Waals surface area contributed by atoms with Gasteiger partial charge in [-0.05, 0) is 30.5 Å². The molecule has 37 heavy (non-hydrogen) atoms. The van der Waals surface area contributed by atoms with Gasteiger partial charge in [0, 0.05) is 42.7 Å². The molecule has 0 radical (unpaired) electrons. The van der Waals surface area contributed by atoms with E-state index in [4.69, 9.17) is 29.3 Å². The van der Waals surface area contributed by atoms with Crippen LogP contribution in [0.25, 0.3) is 16.6 Å². The lowest BCUT2D eigenvalue weighted by molar-refractivity contribution is 0.149. The van der Waals surface area contributed by atoms with Crippen LogP contribution in [0.3, 0.4) is 0 Å². The fourth-order valence-electron chi connectivity index (χ4n) is 5.24. The SMILES string of the molecule is COc1ccc(CNc2nc3cc(OC)c(F)cc3c3nc([C@@]45C[C@@H]4CN(C(=O)O)C5)nn23)c(OC)c1. The zero-order valence-corrected chi connectivity index (χ0v) is 20.5. The largest absolute Gasteiger partial charge is 0.497 e. The first-order chi connectivity index (χ1) is 17.9. The molecule has 0 bridgehead atoms. The number of methoxy groups -OCH3 is 3. The number of nitrogens with one attached hydrogen (secondary N) is 1. The van der Waals surface area contributed by atoms with Gasteiger partial charge in [0.2, 0.25) is 5.95 Å². The van der Waals surface area contributed by atoms with Gasteiger partial charge in [0.1, 0.15) is 11.5 Å². The van der Waals surface area contributed by atoms with Gasteiger partial charge < -0.3 is 29.5 Å². The van der Waals surface area contributed by atoms with E-state index in [0.717, 1.165) is 12.0 Å². The average molecular weight is 509 g/mol. The molecule has 3 heterocycles. The van der Waals surface area contributed by atoms with Crippen LogP contribution in [0, 0.1) is 11.7 Å². The third kappa shape index (κ3) is 3.62. The van der Waals surface area contributed by atoms with Gasteiger partial charge in [-0.1, -0.05) is 0 Å². The smallest absolute Gasteiger partial charge is 0.407 e. The van der Waals surface area contributed by atoms with Crippen molar-refractivity contribution in [3.63, 3.8) is 0 Å². The highest BCUT2D eigenvalue weighted by atomic mass is 19.1. The summed E-state index contributed by atoms with van der Waals surface area (Å²) in [6.45, 7) is 1.15. The molecular formula is C25H25FN6O5. The summed E-state index contributed by atoms with van der Waals surface area (Å²) in [5, 5.41) is 18.0. The van der Waals surface area contributed by atoms with E-state index < -0.39 is 17.3 Å². The van der Waals surface area contributed by atoms with E-state index >= 15 is 0 Å². The minimum atomic E-state index is -0.951. The Morgan fingerprint density at radius 1 is 1.16 bits per heavy atom. The van der Waals surface area contributed by atoms with Crippen LogP contribution in [-0.2, 0) is 12.0 Å². The quantitative estimate of drug-likeness (QED) is 0.387. The Morgan fingerprint density at radius 3 is 2.68 bits per heavy atom. The number of hydrogen-bond acceptors (Lipinski definition) is 8.